The van der Waals surface area contributed by atoms with Crippen molar-refractivity contribution in [1.29, 1.82) is 0 Å². The van der Waals surface area contributed by atoms with Crippen LogP contribution in [-0.4, -0.2) is 54.6 Å². The lowest BCUT2D eigenvalue weighted by Crippen LogP contribution is -2.53. The Kier molecular flexibility index (Phi) is 4.39. The standard InChI is InChI=1S/C10H21N5/c1-10(2,3)15-8-6-14(7-9-15)5-4-12-13-11/h4-9H2,1-3H3. The third kappa shape index (κ3) is 4.08. The quantitative estimate of drug-likeness (QED) is 0.405. The molecule has 1 saturated heterocycles. The van der Waals surface area contributed by atoms with Gasteiger partial charge in [-0.2, -0.15) is 0 Å². The molecule has 1 rings (SSSR count). The second-order valence-electron chi connectivity index (χ2n) is 4.95. The zero-order valence-corrected chi connectivity index (χ0v) is 9.98. The fourth-order valence-corrected chi connectivity index (χ4v) is 1.87. The first-order chi connectivity index (χ1) is 7.04. The van der Waals surface area contributed by atoms with Crippen molar-refractivity contribution in [3.63, 3.8) is 0 Å². The Hall–Kier alpha value is -0.770. The Morgan fingerprint density at radius 1 is 1.20 bits per heavy atom. The third-order valence-corrected chi connectivity index (χ3v) is 2.90. The summed E-state index contributed by atoms with van der Waals surface area (Å²) in [5.74, 6) is 0. The topological polar surface area (TPSA) is 55.2 Å². The monoisotopic (exact) mass is 211 g/mol. The number of hydrogen-bond acceptors (Lipinski definition) is 3. The van der Waals surface area contributed by atoms with Gasteiger partial charge in [0.1, 0.15) is 0 Å². The normalized spacial score (nSPS) is 19.9. The molecule has 0 aromatic heterocycles. The van der Waals surface area contributed by atoms with E-state index >= 15 is 0 Å². The van der Waals surface area contributed by atoms with Crippen molar-refractivity contribution >= 4 is 0 Å². The minimum Gasteiger partial charge on any atom is -0.301 e. The lowest BCUT2D eigenvalue weighted by Gasteiger charge is -2.42. The number of nitrogens with zero attached hydrogens (tertiary/aromatic N) is 5. The summed E-state index contributed by atoms with van der Waals surface area (Å²) >= 11 is 0. The van der Waals surface area contributed by atoms with Gasteiger partial charge in [0.25, 0.3) is 0 Å². The van der Waals surface area contributed by atoms with Crippen molar-refractivity contribution in [2.75, 3.05) is 39.3 Å². The molecule has 0 radical (unpaired) electrons. The smallest absolute Gasteiger partial charge is 0.0385 e. The van der Waals surface area contributed by atoms with Crippen LogP contribution in [0.15, 0.2) is 5.11 Å². The first-order valence-corrected chi connectivity index (χ1v) is 5.52. The van der Waals surface area contributed by atoms with Crippen LogP contribution in [0, 0.1) is 0 Å². The van der Waals surface area contributed by atoms with E-state index in [-0.39, 0.29) is 5.54 Å². The largest absolute Gasteiger partial charge is 0.301 e. The summed E-state index contributed by atoms with van der Waals surface area (Å²) in [5.41, 5.74) is 8.45. The van der Waals surface area contributed by atoms with Gasteiger partial charge in [-0.1, -0.05) is 5.11 Å². The maximum absolute atomic E-state index is 8.18. The van der Waals surface area contributed by atoms with Crippen LogP contribution < -0.4 is 0 Å². The summed E-state index contributed by atoms with van der Waals surface area (Å²) in [6.07, 6.45) is 0. The van der Waals surface area contributed by atoms with Gasteiger partial charge in [-0.25, -0.2) is 0 Å². The van der Waals surface area contributed by atoms with Crippen molar-refractivity contribution in [2.24, 2.45) is 5.11 Å². The van der Waals surface area contributed by atoms with Gasteiger partial charge in [0.15, 0.2) is 0 Å². The van der Waals surface area contributed by atoms with Gasteiger partial charge in [-0.05, 0) is 26.3 Å². The highest BCUT2D eigenvalue weighted by Crippen LogP contribution is 2.15. The highest BCUT2D eigenvalue weighted by atomic mass is 15.3. The van der Waals surface area contributed by atoms with E-state index in [4.69, 9.17) is 5.53 Å². The lowest BCUT2D eigenvalue weighted by molar-refractivity contribution is 0.0638. The molecule has 5 nitrogen and oxygen atoms in total. The molecule has 0 atom stereocenters. The zero-order chi connectivity index (χ0) is 11.3. The molecule has 86 valence electrons. The summed E-state index contributed by atoms with van der Waals surface area (Å²) in [6, 6.07) is 0. The predicted octanol–water partition coefficient (Wildman–Crippen LogP) is 1.71. The molecule has 0 unspecified atom stereocenters. The molecule has 0 aromatic carbocycles. The molecule has 5 heteroatoms. The summed E-state index contributed by atoms with van der Waals surface area (Å²) in [5, 5.41) is 3.56. The molecule has 1 aliphatic rings. The van der Waals surface area contributed by atoms with E-state index in [0.29, 0.717) is 6.54 Å². The molecule has 0 bridgehead atoms. The number of rotatable bonds is 3. The summed E-state index contributed by atoms with van der Waals surface area (Å²) in [7, 11) is 0. The van der Waals surface area contributed by atoms with Gasteiger partial charge in [0, 0.05) is 49.7 Å². The molecule has 0 aromatic rings. The van der Waals surface area contributed by atoms with Crippen molar-refractivity contribution < 1.29 is 0 Å². The number of azide groups is 1. The second-order valence-corrected chi connectivity index (χ2v) is 4.95. The minimum atomic E-state index is 0.275. The molecular formula is C10H21N5. The number of piperazine rings is 1. The summed E-state index contributed by atoms with van der Waals surface area (Å²) in [6.45, 7) is 12.6. The van der Waals surface area contributed by atoms with E-state index < -0.39 is 0 Å². The molecule has 1 fully saturated rings. The van der Waals surface area contributed by atoms with Gasteiger partial charge < -0.3 is 4.90 Å². The molecule has 1 heterocycles. The van der Waals surface area contributed by atoms with Crippen molar-refractivity contribution in [3.8, 4) is 0 Å². The maximum Gasteiger partial charge on any atom is 0.0385 e. The Morgan fingerprint density at radius 2 is 1.80 bits per heavy atom. The lowest BCUT2D eigenvalue weighted by atomic mass is 10.1. The molecular weight excluding hydrogens is 190 g/mol. The van der Waals surface area contributed by atoms with E-state index in [1.54, 1.807) is 0 Å². The van der Waals surface area contributed by atoms with Gasteiger partial charge in [-0.3, -0.25) is 4.90 Å². The highest BCUT2D eigenvalue weighted by Gasteiger charge is 2.25. The third-order valence-electron chi connectivity index (χ3n) is 2.90. The van der Waals surface area contributed by atoms with E-state index in [9.17, 15) is 0 Å². The van der Waals surface area contributed by atoms with E-state index in [1.807, 2.05) is 0 Å². The minimum absolute atomic E-state index is 0.275. The summed E-state index contributed by atoms with van der Waals surface area (Å²) < 4.78 is 0. The van der Waals surface area contributed by atoms with Crippen molar-refractivity contribution in [1.82, 2.24) is 9.80 Å². The molecule has 0 spiro atoms. The Labute approximate surface area is 91.7 Å². The fraction of sp³-hybridized carbons (Fsp3) is 1.00. The van der Waals surface area contributed by atoms with Crippen LogP contribution in [0.3, 0.4) is 0 Å². The molecule has 0 amide bonds. The van der Waals surface area contributed by atoms with E-state index in [0.717, 1.165) is 32.7 Å². The highest BCUT2D eigenvalue weighted by molar-refractivity contribution is 4.81. The van der Waals surface area contributed by atoms with Gasteiger partial charge in [0.05, 0.1) is 0 Å². The van der Waals surface area contributed by atoms with Crippen LogP contribution >= 0.6 is 0 Å². The Balaban J connectivity index is 2.27. The number of hydrogen-bond donors (Lipinski definition) is 0. The average molecular weight is 211 g/mol. The van der Waals surface area contributed by atoms with E-state index in [1.165, 1.54) is 0 Å². The van der Waals surface area contributed by atoms with Gasteiger partial charge >= 0.3 is 0 Å². The Bertz CT molecular complexity index is 231. The molecule has 1 aliphatic heterocycles. The van der Waals surface area contributed by atoms with Crippen LogP contribution in [0.1, 0.15) is 20.8 Å². The second kappa shape index (κ2) is 5.35. The molecule has 0 saturated carbocycles. The van der Waals surface area contributed by atoms with Gasteiger partial charge in [-0.15, -0.1) is 0 Å². The van der Waals surface area contributed by atoms with Crippen LogP contribution in [0.25, 0.3) is 10.4 Å². The average Bonchev–Trinajstić information content (AvgIpc) is 2.18. The van der Waals surface area contributed by atoms with Crippen LogP contribution in [0.4, 0.5) is 0 Å². The molecule has 0 N–H and O–H groups in total. The maximum atomic E-state index is 8.18. The molecule has 0 aliphatic carbocycles. The van der Waals surface area contributed by atoms with Crippen LogP contribution in [-0.2, 0) is 0 Å². The predicted molar refractivity (Wildman–Crippen MR) is 61.8 cm³/mol. The fourth-order valence-electron chi connectivity index (χ4n) is 1.87. The van der Waals surface area contributed by atoms with Crippen LogP contribution in [0.5, 0.6) is 0 Å². The molecule has 15 heavy (non-hydrogen) atoms. The van der Waals surface area contributed by atoms with Crippen molar-refractivity contribution in [3.05, 3.63) is 10.4 Å². The van der Waals surface area contributed by atoms with Gasteiger partial charge in [0.2, 0.25) is 0 Å². The first-order valence-electron chi connectivity index (χ1n) is 5.52. The SMILES string of the molecule is CC(C)(C)N1CCN(CCN=[N+]=[N-])CC1. The van der Waals surface area contributed by atoms with Crippen LogP contribution in [0.2, 0.25) is 0 Å². The van der Waals surface area contributed by atoms with E-state index in [2.05, 4.69) is 40.6 Å². The zero-order valence-electron chi connectivity index (χ0n) is 9.98. The Morgan fingerprint density at radius 3 is 2.27 bits per heavy atom. The first kappa shape index (κ1) is 12.3. The van der Waals surface area contributed by atoms with Crippen molar-refractivity contribution in [2.45, 2.75) is 26.3 Å². The summed E-state index contributed by atoms with van der Waals surface area (Å²) in [4.78, 5) is 7.62.